The van der Waals surface area contributed by atoms with Crippen molar-refractivity contribution in [3.05, 3.63) is 18.0 Å². The third kappa shape index (κ3) is 3.81. The van der Waals surface area contributed by atoms with E-state index in [1.165, 1.54) is 10.9 Å². The van der Waals surface area contributed by atoms with Gasteiger partial charge in [-0.1, -0.05) is 6.92 Å². The van der Waals surface area contributed by atoms with Crippen LogP contribution in [-0.2, 0) is 11.3 Å². The van der Waals surface area contributed by atoms with Gasteiger partial charge in [0, 0.05) is 25.8 Å². The van der Waals surface area contributed by atoms with E-state index in [4.69, 9.17) is 11.5 Å². The second-order valence-corrected chi connectivity index (χ2v) is 5.71. The average molecular weight is 293 g/mol. The number of carbonyl (C=O) groups is 2. The molecule has 116 valence electrons. The predicted octanol–water partition coefficient (Wildman–Crippen LogP) is -0.0421. The van der Waals surface area contributed by atoms with Crippen LogP contribution in [0.25, 0.3) is 0 Å². The Labute approximate surface area is 124 Å². The van der Waals surface area contributed by atoms with Gasteiger partial charge in [0.25, 0.3) is 5.91 Å². The highest BCUT2D eigenvalue weighted by atomic mass is 16.2. The van der Waals surface area contributed by atoms with Gasteiger partial charge in [0.05, 0.1) is 6.04 Å². The first-order chi connectivity index (χ1) is 9.99. The molecule has 1 aromatic heterocycles. The lowest BCUT2D eigenvalue weighted by Crippen LogP contribution is -2.47. The van der Waals surface area contributed by atoms with Gasteiger partial charge in [-0.25, -0.2) is 0 Å². The van der Waals surface area contributed by atoms with E-state index in [1.807, 2.05) is 4.90 Å². The van der Waals surface area contributed by atoms with Crippen molar-refractivity contribution in [2.75, 3.05) is 13.1 Å². The second kappa shape index (κ2) is 6.71. The number of nitrogens with two attached hydrogens (primary N) is 2. The first-order valence-electron chi connectivity index (χ1n) is 7.35. The summed E-state index contributed by atoms with van der Waals surface area (Å²) >= 11 is 0. The molecule has 1 atom stereocenters. The smallest absolute Gasteiger partial charge is 0.266 e. The van der Waals surface area contributed by atoms with Crippen molar-refractivity contribution >= 4 is 11.8 Å². The molecule has 0 spiro atoms. The quantitative estimate of drug-likeness (QED) is 0.794. The second-order valence-electron chi connectivity index (χ2n) is 5.71. The highest BCUT2D eigenvalue weighted by Gasteiger charge is 2.24. The standard InChI is InChI=1S/C14H23N5O2/c1-10-3-7-18(8-4-10)14(21)11(15)5-9-19-12(13(16)20)2-6-17-19/h2,6,10-11H,3-5,7-9,15H2,1H3,(H2,16,20). The number of amides is 2. The number of hydrogen-bond donors (Lipinski definition) is 2. The lowest BCUT2D eigenvalue weighted by atomic mass is 9.98. The van der Waals surface area contributed by atoms with Gasteiger partial charge in [-0.2, -0.15) is 5.10 Å². The summed E-state index contributed by atoms with van der Waals surface area (Å²) in [7, 11) is 0. The van der Waals surface area contributed by atoms with Gasteiger partial charge in [-0.05, 0) is 31.2 Å². The molecule has 2 rings (SSSR count). The number of carbonyl (C=O) groups excluding carboxylic acids is 2. The number of aryl methyl sites for hydroxylation is 1. The van der Waals surface area contributed by atoms with Crippen molar-refractivity contribution in [2.45, 2.75) is 38.8 Å². The maximum Gasteiger partial charge on any atom is 0.266 e. The number of rotatable bonds is 5. The average Bonchev–Trinajstić information content (AvgIpc) is 2.93. The van der Waals surface area contributed by atoms with Crippen LogP contribution in [0.4, 0.5) is 0 Å². The minimum atomic E-state index is -0.566. The van der Waals surface area contributed by atoms with E-state index in [0.717, 1.165) is 25.9 Å². The molecule has 1 aliphatic rings. The molecule has 4 N–H and O–H groups in total. The lowest BCUT2D eigenvalue weighted by molar-refractivity contribution is -0.134. The fraction of sp³-hybridized carbons (Fsp3) is 0.643. The van der Waals surface area contributed by atoms with Crippen molar-refractivity contribution < 1.29 is 9.59 Å². The fourth-order valence-corrected chi connectivity index (χ4v) is 2.57. The number of hydrogen-bond acceptors (Lipinski definition) is 4. The number of piperidine rings is 1. The van der Waals surface area contributed by atoms with E-state index < -0.39 is 11.9 Å². The van der Waals surface area contributed by atoms with Gasteiger partial charge in [0.2, 0.25) is 5.91 Å². The molecule has 21 heavy (non-hydrogen) atoms. The minimum Gasteiger partial charge on any atom is -0.364 e. The normalized spacial score (nSPS) is 17.7. The van der Waals surface area contributed by atoms with Crippen molar-refractivity contribution in [3.8, 4) is 0 Å². The summed E-state index contributed by atoms with van der Waals surface area (Å²) in [6, 6.07) is 0.991. The Balaban J connectivity index is 1.86. The Bertz CT molecular complexity index is 505. The molecule has 1 saturated heterocycles. The van der Waals surface area contributed by atoms with Crippen molar-refractivity contribution in [2.24, 2.45) is 17.4 Å². The highest BCUT2D eigenvalue weighted by Crippen LogP contribution is 2.17. The molecular formula is C14H23N5O2. The van der Waals surface area contributed by atoms with Crippen LogP contribution in [0, 0.1) is 5.92 Å². The summed E-state index contributed by atoms with van der Waals surface area (Å²) in [5.74, 6) is 0.125. The van der Waals surface area contributed by atoms with Crippen LogP contribution in [0.1, 0.15) is 36.7 Å². The van der Waals surface area contributed by atoms with Gasteiger partial charge >= 0.3 is 0 Å². The number of nitrogens with zero attached hydrogens (tertiary/aromatic N) is 3. The highest BCUT2D eigenvalue weighted by molar-refractivity contribution is 5.90. The molecule has 0 bridgehead atoms. The SMILES string of the molecule is CC1CCN(C(=O)C(N)CCn2nccc2C(N)=O)CC1. The summed E-state index contributed by atoms with van der Waals surface area (Å²) in [5, 5.41) is 4.03. The van der Waals surface area contributed by atoms with Crippen LogP contribution < -0.4 is 11.5 Å². The molecule has 0 saturated carbocycles. The molecule has 1 fully saturated rings. The molecule has 2 amide bonds. The van der Waals surface area contributed by atoms with Gasteiger partial charge in [-0.3, -0.25) is 14.3 Å². The minimum absolute atomic E-state index is 0.0188. The molecule has 2 heterocycles. The van der Waals surface area contributed by atoms with Crippen LogP contribution in [0.3, 0.4) is 0 Å². The van der Waals surface area contributed by atoms with Crippen molar-refractivity contribution in [1.82, 2.24) is 14.7 Å². The van der Waals surface area contributed by atoms with Gasteiger partial charge in [0.1, 0.15) is 5.69 Å². The van der Waals surface area contributed by atoms with Crippen LogP contribution >= 0.6 is 0 Å². The fourth-order valence-electron chi connectivity index (χ4n) is 2.57. The molecule has 0 radical (unpaired) electrons. The van der Waals surface area contributed by atoms with E-state index >= 15 is 0 Å². The molecule has 1 aromatic rings. The van der Waals surface area contributed by atoms with Crippen molar-refractivity contribution in [1.29, 1.82) is 0 Å². The maximum absolute atomic E-state index is 12.3. The van der Waals surface area contributed by atoms with Gasteiger partial charge < -0.3 is 16.4 Å². The predicted molar refractivity (Wildman–Crippen MR) is 78.3 cm³/mol. The van der Waals surface area contributed by atoms with Crippen molar-refractivity contribution in [3.63, 3.8) is 0 Å². The zero-order chi connectivity index (χ0) is 15.4. The first-order valence-corrected chi connectivity index (χ1v) is 7.35. The summed E-state index contributed by atoms with van der Waals surface area (Å²) in [6.07, 6.45) is 4.01. The van der Waals surface area contributed by atoms with E-state index in [2.05, 4.69) is 12.0 Å². The third-order valence-electron chi connectivity index (χ3n) is 4.03. The summed E-state index contributed by atoms with van der Waals surface area (Å²) in [5.41, 5.74) is 11.6. The first kappa shape index (κ1) is 15.5. The number of primary amides is 1. The molecule has 0 aromatic carbocycles. The van der Waals surface area contributed by atoms with Crippen LogP contribution in [0.15, 0.2) is 12.3 Å². The van der Waals surface area contributed by atoms with E-state index in [1.54, 1.807) is 6.07 Å². The molecule has 7 nitrogen and oxygen atoms in total. The summed E-state index contributed by atoms with van der Waals surface area (Å²) in [4.78, 5) is 25.3. The maximum atomic E-state index is 12.3. The Morgan fingerprint density at radius 3 is 2.71 bits per heavy atom. The monoisotopic (exact) mass is 293 g/mol. The van der Waals surface area contributed by atoms with Crippen LogP contribution in [0.2, 0.25) is 0 Å². The Kier molecular flexibility index (Phi) is 4.95. The molecule has 1 aliphatic heterocycles. The summed E-state index contributed by atoms with van der Waals surface area (Å²) < 4.78 is 1.49. The molecule has 0 aliphatic carbocycles. The Hall–Kier alpha value is -1.89. The zero-order valence-electron chi connectivity index (χ0n) is 12.4. The largest absolute Gasteiger partial charge is 0.364 e. The van der Waals surface area contributed by atoms with Crippen LogP contribution in [0.5, 0.6) is 0 Å². The Morgan fingerprint density at radius 1 is 1.43 bits per heavy atom. The molecule has 1 unspecified atom stereocenters. The molecular weight excluding hydrogens is 270 g/mol. The van der Waals surface area contributed by atoms with E-state index in [9.17, 15) is 9.59 Å². The number of aromatic nitrogens is 2. The van der Waals surface area contributed by atoms with Gasteiger partial charge in [-0.15, -0.1) is 0 Å². The van der Waals surface area contributed by atoms with E-state index in [-0.39, 0.29) is 5.91 Å². The van der Waals surface area contributed by atoms with Gasteiger partial charge in [0.15, 0.2) is 0 Å². The lowest BCUT2D eigenvalue weighted by Gasteiger charge is -2.32. The third-order valence-corrected chi connectivity index (χ3v) is 4.03. The molecule has 7 heteroatoms. The Morgan fingerprint density at radius 2 is 2.10 bits per heavy atom. The van der Waals surface area contributed by atoms with Crippen LogP contribution in [-0.4, -0.2) is 45.6 Å². The topological polar surface area (TPSA) is 107 Å². The number of likely N-dealkylation sites (tertiary alicyclic amines) is 1. The summed E-state index contributed by atoms with van der Waals surface area (Å²) in [6.45, 7) is 4.16. The zero-order valence-corrected chi connectivity index (χ0v) is 12.4. The van der Waals surface area contributed by atoms with E-state index in [0.29, 0.717) is 24.6 Å².